The molecular weight excluding hydrogens is 305 g/mol. The zero-order valence-electron chi connectivity index (χ0n) is 9.04. The zero-order valence-corrected chi connectivity index (χ0v) is 11.4. The number of benzene rings is 1. The Kier molecular flexibility index (Phi) is 3.64. The molecule has 0 aliphatic carbocycles. The fraction of sp³-hybridized carbons (Fsp3) is 0.167. The molecule has 0 bridgehead atoms. The molecule has 0 spiro atoms. The van der Waals surface area contributed by atoms with E-state index in [1.807, 2.05) is 18.2 Å². The van der Waals surface area contributed by atoms with Gasteiger partial charge in [0.05, 0.1) is 11.6 Å². The van der Waals surface area contributed by atoms with Gasteiger partial charge in [-0.2, -0.15) is 0 Å². The highest BCUT2D eigenvalue weighted by molar-refractivity contribution is 9.10. The molecule has 0 saturated heterocycles. The van der Waals surface area contributed by atoms with Gasteiger partial charge in [0.2, 0.25) is 0 Å². The summed E-state index contributed by atoms with van der Waals surface area (Å²) in [5, 5.41) is 1.98. The van der Waals surface area contributed by atoms with E-state index in [9.17, 15) is 4.79 Å². The third-order valence-corrected chi connectivity index (χ3v) is 3.14. The molecule has 0 unspecified atom stereocenters. The van der Waals surface area contributed by atoms with Crippen molar-refractivity contribution in [3.8, 4) is 0 Å². The standard InChI is InChI=1S/C12H9BrClNO2/c1-2-17-12(16)11-10(14)9-4-3-8(13)5-7(9)6-15-11/h3-6H,2H2,1H3. The second-order valence-electron chi connectivity index (χ2n) is 3.37. The lowest BCUT2D eigenvalue weighted by molar-refractivity contribution is 0.0520. The molecule has 0 amide bonds. The van der Waals surface area contributed by atoms with E-state index >= 15 is 0 Å². The maximum atomic E-state index is 11.6. The Hall–Kier alpha value is -1.13. The van der Waals surface area contributed by atoms with Crippen LogP contribution in [-0.4, -0.2) is 17.6 Å². The van der Waals surface area contributed by atoms with Crippen molar-refractivity contribution in [1.82, 2.24) is 4.98 Å². The van der Waals surface area contributed by atoms with Crippen LogP contribution in [0.2, 0.25) is 5.02 Å². The Morgan fingerprint density at radius 2 is 2.29 bits per heavy atom. The summed E-state index contributed by atoms with van der Waals surface area (Å²) in [5.41, 5.74) is 0.156. The normalized spacial score (nSPS) is 10.5. The van der Waals surface area contributed by atoms with Crippen LogP contribution in [0.3, 0.4) is 0 Å². The highest BCUT2D eigenvalue weighted by atomic mass is 79.9. The van der Waals surface area contributed by atoms with Crippen molar-refractivity contribution in [1.29, 1.82) is 0 Å². The first-order chi connectivity index (χ1) is 8.13. The van der Waals surface area contributed by atoms with Gasteiger partial charge in [-0.15, -0.1) is 0 Å². The molecule has 1 aromatic heterocycles. The summed E-state index contributed by atoms with van der Waals surface area (Å²) in [6.45, 7) is 2.04. The maximum absolute atomic E-state index is 11.6. The number of nitrogens with zero attached hydrogens (tertiary/aromatic N) is 1. The lowest BCUT2D eigenvalue weighted by atomic mass is 10.1. The Labute approximate surface area is 112 Å². The first-order valence-corrected chi connectivity index (χ1v) is 6.21. The molecule has 5 heteroatoms. The molecule has 2 rings (SSSR count). The van der Waals surface area contributed by atoms with Crippen molar-refractivity contribution in [3.63, 3.8) is 0 Å². The lowest BCUT2D eigenvalue weighted by Gasteiger charge is -2.06. The van der Waals surface area contributed by atoms with Gasteiger partial charge in [-0.1, -0.05) is 33.6 Å². The van der Waals surface area contributed by atoms with Crippen LogP contribution in [0.25, 0.3) is 10.8 Å². The predicted octanol–water partition coefficient (Wildman–Crippen LogP) is 3.83. The van der Waals surface area contributed by atoms with Gasteiger partial charge < -0.3 is 4.74 Å². The third-order valence-electron chi connectivity index (χ3n) is 2.26. The van der Waals surface area contributed by atoms with Gasteiger partial charge >= 0.3 is 5.97 Å². The second kappa shape index (κ2) is 5.02. The number of esters is 1. The molecule has 0 aliphatic rings. The number of fused-ring (bicyclic) bond motifs is 1. The predicted molar refractivity (Wildman–Crippen MR) is 70.4 cm³/mol. The fourth-order valence-corrected chi connectivity index (χ4v) is 2.18. The number of ether oxygens (including phenoxy) is 1. The van der Waals surface area contributed by atoms with Gasteiger partial charge in [0.15, 0.2) is 5.69 Å². The van der Waals surface area contributed by atoms with Crippen molar-refractivity contribution in [2.75, 3.05) is 6.61 Å². The highest BCUT2D eigenvalue weighted by Gasteiger charge is 2.15. The van der Waals surface area contributed by atoms with Crippen LogP contribution in [0.4, 0.5) is 0 Å². The SMILES string of the molecule is CCOC(=O)c1ncc2cc(Br)ccc2c1Cl. The van der Waals surface area contributed by atoms with Crippen molar-refractivity contribution < 1.29 is 9.53 Å². The number of aromatic nitrogens is 1. The van der Waals surface area contributed by atoms with E-state index in [4.69, 9.17) is 16.3 Å². The molecular formula is C12H9BrClNO2. The van der Waals surface area contributed by atoms with E-state index < -0.39 is 5.97 Å². The third kappa shape index (κ3) is 2.42. The van der Waals surface area contributed by atoms with E-state index in [1.165, 1.54) is 0 Å². The number of hydrogen-bond donors (Lipinski definition) is 0. The van der Waals surface area contributed by atoms with Gasteiger partial charge in [-0.25, -0.2) is 9.78 Å². The van der Waals surface area contributed by atoms with E-state index in [2.05, 4.69) is 20.9 Å². The summed E-state index contributed by atoms with van der Waals surface area (Å²) < 4.78 is 5.82. The molecule has 1 heterocycles. The van der Waals surface area contributed by atoms with Gasteiger partial charge in [-0.3, -0.25) is 0 Å². The summed E-state index contributed by atoms with van der Waals surface area (Å²) in [4.78, 5) is 15.6. The summed E-state index contributed by atoms with van der Waals surface area (Å²) in [5.74, 6) is -0.498. The summed E-state index contributed by atoms with van der Waals surface area (Å²) in [6, 6.07) is 5.60. The van der Waals surface area contributed by atoms with Crippen LogP contribution in [-0.2, 0) is 4.74 Å². The minimum absolute atomic E-state index is 0.156. The molecule has 1 aromatic carbocycles. The number of halogens is 2. The molecule has 2 aromatic rings. The number of pyridine rings is 1. The van der Waals surface area contributed by atoms with Crippen molar-refractivity contribution in [3.05, 3.63) is 39.6 Å². The number of rotatable bonds is 2. The largest absolute Gasteiger partial charge is 0.461 e. The van der Waals surface area contributed by atoms with E-state index in [0.717, 1.165) is 15.2 Å². The molecule has 0 saturated carbocycles. The van der Waals surface area contributed by atoms with Crippen LogP contribution in [0.1, 0.15) is 17.4 Å². The Morgan fingerprint density at radius 3 is 3.00 bits per heavy atom. The van der Waals surface area contributed by atoms with Gasteiger partial charge in [-0.05, 0) is 19.1 Å². The van der Waals surface area contributed by atoms with E-state index in [1.54, 1.807) is 13.1 Å². The van der Waals surface area contributed by atoms with Gasteiger partial charge in [0.1, 0.15) is 0 Å². The highest BCUT2D eigenvalue weighted by Crippen LogP contribution is 2.28. The van der Waals surface area contributed by atoms with Crippen molar-refractivity contribution >= 4 is 44.3 Å². The zero-order chi connectivity index (χ0) is 12.4. The average Bonchev–Trinajstić information content (AvgIpc) is 2.29. The van der Waals surface area contributed by atoms with Crippen LogP contribution in [0.5, 0.6) is 0 Å². The second-order valence-corrected chi connectivity index (χ2v) is 4.67. The monoisotopic (exact) mass is 313 g/mol. The van der Waals surface area contributed by atoms with E-state index in [-0.39, 0.29) is 5.69 Å². The lowest BCUT2D eigenvalue weighted by Crippen LogP contribution is -2.07. The van der Waals surface area contributed by atoms with Crippen LogP contribution >= 0.6 is 27.5 Å². The summed E-state index contributed by atoms with van der Waals surface area (Å²) in [6.07, 6.45) is 1.61. The first-order valence-electron chi connectivity index (χ1n) is 5.04. The quantitative estimate of drug-likeness (QED) is 0.791. The van der Waals surface area contributed by atoms with Crippen LogP contribution in [0.15, 0.2) is 28.9 Å². The molecule has 17 heavy (non-hydrogen) atoms. The molecule has 0 aliphatic heterocycles. The van der Waals surface area contributed by atoms with E-state index in [0.29, 0.717) is 11.6 Å². The maximum Gasteiger partial charge on any atom is 0.358 e. The van der Waals surface area contributed by atoms with Crippen LogP contribution < -0.4 is 0 Å². The first kappa shape index (κ1) is 12.3. The fourth-order valence-electron chi connectivity index (χ4n) is 1.50. The minimum atomic E-state index is -0.498. The Bertz CT molecular complexity index is 586. The van der Waals surface area contributed by atoms with Crippen LogP contribution in [0, 0.1) is 0 Å². The molecule has 0 N–H and O–H groups in total. The minimum Gasteiger partial charge on any atom is -0.461 e. The topological polar surface area (TPSA) is 39.2 Å². The van der Waals surface area contributed by atoms with Crippen molar-refractivity contribution in [2.45, 2.75) is 6.92 Å². The van der Waals surface area contributed by atoms with Gasteiger partial charge in [0.25, 0.3) is 0 Å². The number of hydrogen-bond acceptors (Lipinski definition) is 3. The molecule has 0 radical (unpaired) electrons. The molecule has 0 fully saturated rings. The molecule has 0 atom stereocenters. The summed E-state index contributed by atoms with van der Waals surface area (Å²) in [7, 11) is 0. The Morgan fingerprint density at radius 1 is 1.53 bits per heavy atom. The molecule has 88 valence electrons. The average molecular weight is 315 g/mol. The number of carbonyl (C=O) groups is 1. The number of carbonyl (C=O) groups excluding carboxylic acids is 1. The Balaban J connectivity index is 2.58. The molecule has 3 nitrogen and oxygen atoms in total. The smallest absolute Gasteiger partial charge is 0.358 e. The van der Waals surface area contributed by atoms with Gasteiger partial charge in [0, 0.05) is 21.4 Å². The van der Waals surface area contributed by atoms with Crippen molar-refractivity contribution in [2.24, 2.45) is 0 Å². The summed E-state index contributed by atoms with van der Waals surface area (Å²) >= 11 is 9.51.